The molecule has 0 bridgehead atoms. The summed E-state index contributed by atoms with van der Waals surface area (Å²) >= 11 is 0. The number of rotatable bonds is 7. The molecule has 0 amide bonds. The van der Waals surface area contributed by atoms with Crippen molar-refractivity contribution in [2.24, 2.45) is 0 Å². The van der Waals surface area contributed by atoms with Gasteiger partial charge in [-0.2, -0.15) is 5.26 Å². The third-order valence-electron chi connectivity index (χ3n) is 4.12. The van der Waals surface area contributed by atoms with Crippen molar-refractivity contribution in [3.8, 4) is 6.07 Å². The van der Waals surface area contributed by atoms with Gasteiger partial charge >= 0.3 is 5.97 Å². The van der Waals surface area contributed by atoms with Crippen LogP contribution in [0.1, 0.15) is 40.8 Å². The number of nitriles is 1. The summed E-state index contributed by atoms with van der Waals surface area (Å²) in [6.45, 7) is 3.87. The minimum Gasteiger partial charge on any atom is -0.466 e. The molecule has 0 unspecified atom stereocenters. The Morgan fingerprint density at radius 1 is 1.28 bits per heavy atom. The molecule has 2 rings (SSSR count). The summed E-state index contributed by atoms with van der Waals surface area (Å²) in [6, 6.07) is 5.79. The lowest BCUT2D eigenvalue weighted by atomic mass is 9.99. The maximum Gasteiger partial charge on any atom is 0.306 e. The lowest BCUT2D eigenvalue weighted by Gasteiger charge is -2.10. The zero-order chi connectivity index (χ0) is 18.2. The lowest BCUT2D eigenvalue weighted by molar-refractivity contribution is -0.143. The van der Waals surface area contributed by atoms with Crippen LogP contribution in [-0.4, -0.2) is 22.5 Å². The second kappa shape index (κ2) is 8.78. The summed E-state index contributed by atoms with van der Waals surface area (Å²) in [5, 5.41) is 9.06. The van der Waals surface area contributed by atoms with Crippen LogP contribution in [0.25, 0.3) is 0 Å². The van der Waals surface area contributed by atoms with Crippen LogP contribution in [0.2, 0.25) is 0 Å². The van der Waals surface area contributed by atoms with Crippen molar-refractivity contribution in [2.75, 3.05) is 6.61 Å². The summed E-state index contributed by atoms with van der Waals surface area (Å²) in [7, 11) is 0. The molecule has 2 heterocycles. The van der Waals surface area contributed by atoms with E-state index < -0.39 is 0 Å². The molecule has 0 saturated heterocycles. The highest BCUT2D eigenvalue weighted by atomic mass is 16.5. The van der Waals surface area contributed by atoms with E-state index in [1.807, 2.05) is 18.2 Å². The van der Waals surface area contributed by atoms with E-state index in [1.54, 1.807) is 26.2 Å². The first-order valence-electron chi connectivity index (χ1n) is 8.20. The van der Waals surface area contributed by atoms with Gasteiger partial charge in [-0.15, -0.1) is 0 Å². The molecule has 2 aromatic rings. The SMILES string of the molecule is Cc1[nH]c(=O)c(C#N)c(C)c1CCC(=O)OCCCc1ccncc1. The van der Waals surface area contributed by atoms with Gasteiger partial charge in [0.05, 0.1) is 6.61 Å². The van der Waals surface area contributed by atoms with Crippen LogP contribution in [-0.2, 0) is 22.4 Å². The molecule has 6 nitrogen and oxygen atoms in total. The maximum absolute atomic E-state index is 11.9. The molecule has 0 spiro atoms. The quantitative estimate of drug-likeness (QED) is 0.617. The van der Waals surface area contributed by atoms with E-state index in [1.165, 1.54) is 0 Å². The molecule has 0 aromatic carbocycles. The molecule has 1 N–H and O–H groups in total. The van der Waals surface area contributed by atoms with E-state index in [9.17, 15) is 9.59 Å². The Labute approximate surface area is 146 Å². The minimum atomic E-state index is -0.389. The molecule has 0 fully saturated rings. The van der Waals surface area contributed by atoms with Gasteiger partial charge in [0, 0.05) is 24.5 Å². The Balaban J connectivity index is 1.82. The minimum absolute atomic E-state index is 0.103. The molecule has 0 radical (unpaired) electrons. The highest BCUT2D eigenvalue weighted by Gasteiger charge is 2.13. The molecule has 2 aromatic heterocycles. The van der Waals surface area contributed by atoms with Crippen molar-refractivity contribution in [3.63, 3.8) is 0 Å². The molecule has 130 valence electrons. The average molecular weight is 339 g/mol. The number of ether oxygens (including phenoxy) is 1. The summed E-state index contributed by atoms with van der Waals surface area (Å²) in [4.78, 5) is 30.2. The van der Waals surface area contributed by atoms with Crippen LogP contribution in [0.15, 0.2) is 29.3 Å². The molecular weight excluding hydrogens is 318 g/mol. The fraction of sp³-hybridized carbons (Fsp3) is 0.368. The molecule has 0 atom stereocenters. The predicted octanol–water partition coefficient (Wildman–Crippen LogP) is 2.37. The summed E-state index contributed by atoms with van der Waals surface area (Å²) in [5.41, 5.74) is 3.02. The van der Waals surface area contributed by atoms with Gasteiger partial charge in [0.2, 0.25) is 0 Å². The van der Waals surface area contributed by atoms with E-state index in [0.717, 1.165) is 24.0 Å². The van der Waals surface area contributed by atoms with Gasteiger partial charge < -0.3 is 9.72 Å². The number of hydrogen-bond donors (Lipinski definition) is 1. The van der Waals surface area contributed by atoms with Crippen molar-refractivity contribution >= 4 is 5.97 Å². The Morgan fingerprint density at radius 2 is 2.00 bits per heavy atom. The van der Waals surface area contributed by atoms with Crippen molar-refractivity contribution in [2.45, 2.75) is 39.5 Å². The normalized spacial score (nSPS) is 10.3. The van der Waals surface area contributed by atoms with Crippen molar-refractivity contribution < 1.29 is 9.53 Å². The molecule has 6 heteroatoms. The molecule has 0 saturated carbocycles. The number of nitrogens with zero attached hydrogens (tertiary/aromatic N) is 2. The third-order valence-corrected chi connectivity index (χ3v) is 4.12. The molecule has 0 aliphatic heterocycles. The third kappa shape index (κ3) is 5.01. The fourth-order valence-corrected chi connectivity index (χ4v) is 2.73. The highest BCUT2D eigenvalue weighted by Crippen LogP contribution is 2.15. The second-order valence-corrected chi connectivity index (χ2v) is 5.85. The van der Waals surface area contributed by atoms with Crippen LogP contribution >= 0.6 is 0 Å². The average Bonchev–Trinajstić information content (AvgIpc) is 2.59. The fourth-order valence-electron chi connectivity index (χ4n) is 2.73. The number of carbonyl (C=O) groups excluding carboxylic acids is 1. The Bertz CT molecular complexity index is 835. The number of aromatic amines is 1. The van der Waals surface area contributed by atoms with Gasteiger partial charge in [0.15, 0.2) is 0 Å². The number of nitrogens with one attached hydrogen (secondary N) is 1. The Morgan fingerprint density at radius 3 is 2.68 bits per heavy atom. The summed E-state index contributed by atoms with van der Waals surface area (Å²) < 4.78 is 5.25. The maximum atomic E-state index is 11.9. The Hall–Kier alpha value is -2.94. The van der Waals surface area contributed by atoms with Crippen molar-refractivity contribution in [1.82, 2.24) is 9.97 Å². The van der Waals surface area contributed by atoms with Gasteiger partial charge in [-0.05, 0) is 61.9 Å². The number of hydrogen-bond acceptors (Lipinski definition) is 5. The molecule has 25 heavy (non-hydrogen) atoms. The number of H-pyrrole nitrogens is 1. The number of pyridine rings is 2. The Kier molecular flexibility index (Phi) is 6.47. The second-order valence-electron chi connectivity index (χ2n) is 5.85. The highest BCUT2D eigenvalue weighted by molar-refractivity contribution is 5.69. The lowest BCUT2D eigenvalue weighted by Crippen LogP contribution is -2.17. The molecule has 0 aliphatic rings. The van der Waals surface area contributed by atoms with Gasteiger partial charge in [-0.3, -0.25) is 14.6 Å². The smallest absolute Gasteiger partial charge is 0.306 e. The van der Waals surface area contributed by atoms with Crippen molar-refractivity contribution in [1.29, 1.82) is 5.26 Å². The summed E-state index contributed by atoms with van der Waals surface area (Å²) in [5.74, 6) is -0.279. The van der Waals surface area contributed by atoms with Crippen LogP contribution < -0.4 is 5.56 Å². The largest absolute Gasteiger partial charge is 0.466 e. The number of carbonyl (C=O) groups is 1. The van der Waals surface area contributed by atoms with Gasteiger partial charge in [-0.1, -0.05) is 0 Å². The van der Waals surface area contributed by atoms with Crippen LogP contribution in [0.4, 0.5) is 0 Å². The number of aryl methyl sites for hydroxylation is 2. The first-order valence-corrected chi connectivity index (χ1v) is 8.20. The van der Waals surface area contributed by atoms with Crippen molar-refractivity contribution in [3.05, 3.63) is 62.8 Å². The number of esters is 1. The van der Waals surface area contributed by atoms with E-state index in [4.69, 9.17) is 10.00 Å². The topological polar surface area (TPSA) is 95.8 Å². The van der Waals surface area contributed by atoms with Gasteiger partial charge in [0.25, 0.3) is 5.56 Å². The summed E-state index contributed by atoms with van der Waals surface area (Å²) in [6.07, 6.45) is 5.72. The van der Waals surface area contributed by atoms with Crippen LogP contribution in [0.5, 0.6) is 0 Å². The predicted molar refractivity (Wildman–Crippen MR) is 93.1 cm³/mol. The van der Waals surface area contributed by atoms with Gasteiger partial charge in [0.1, 0.15) is 11.6 Å². The zero-order valence-electron chi connectivity index (χ0n) is 14.5. The first kappa shape index (κ1) is 18.4. The van der Waals surface area contributed by atoms with E-state index >= 15 is 0 Å². The standard InChI is InChI=1S/C19H21N3O3/c1-13-16(14(2)22-19(24)17(13)12-20)5-6-18(23)25-11-3-4-15-7-9-21-10-8-15/h7-10H,3-6,11H2,1-2H3,(H,22,24). The van der Waals surface area contributed by atoms with E-state index in [2.05, 4.69) is 9.97 Å². The molecule has 0 aliphatic carbocycles. The molecular formula is C19H21N3O3. The first-order chi connectivity index (χ1) is 12.0. The number of aromatic nitrogens is 2. The van der Waals surface area contributed by atoms with Gasteiger partial charge in [-0.25, -0.2) is 0 Å². The van der Waals surface area contributed by atoms with Crippen LogP contribution in [0, 0.1) is 25.2 Å². The van der Waals surface area contributed by atoms with E-state index in [0.29, 0.717) is 24.3 Å². The van der Waals surface area contributed by atoms with Crippen LogP contribution in [0.3, 0.4) is 0 Å². The monoisotopic (exact) mass is 339 g/mol. The van der Waals surface area contributed by atoms with E-state index in [-0.39, 0.29) is 23.5 Å². The zero-order valence-corrected chi connectivity index (χ0v) is 14.5.